The molecule has 0 fully saturated rings. The van der Waals surface area contributed by atoms with Gasteiger partial charge in [0, 0.05) is 18.4 Å². The Labute approximate surface area is 77.7 Å². The zero-order valence-electron chi connectivity index (χ0n) is 8.00. The minimum absolute atomic E-state index is 0.0398. The second kappa shape index (κ2) is 4.64. The molecule has 0 aromatic carbocycles. The number of amides is 1. The van der Waals surface area contributed by atoms with Gasteiger partial charge in [0.1, 0.15) is 0 Å². The van der Waals surface area contributed by atoms with E-state index in [2.05, 4.69) is 29.4 Å². The van der Waals surface area contributed by atoms with Gasteiger partial charge in [-0.1, -0.05) is 13.8 Å². The Morgan fingerprint density at radius 3 is 3.00 bits per heavy atom. The highest BCUT2D eigenvalue weighted by Gasteiger charge is 2.03. The van der Waals surface area contributed by atoms with E-state index in [-0.39, 0.29) is 5.91 Å². The number of aromatic amines is 1. The lowest BCUT2D eigenvalue weighted by Crippen LogP contribution is -2.28. The second-order valence-electron chi connectivity index (χ2n) is 3.46. The van der Waals surface area contributed by atoms with Crippen molar-refractivity contribution in [1.82, 2.24) is 15.5 Å². The Hall–Kier alpha value is -1.32. The molecule has 1 heterocycles. The fourth-order valence-electron chi connectivity index (χ4n) is 0.937. The summed E-state index contributed by atoms with van der Waals surface area (Å²) in [6, 6.07) is 1.80. The third-order valence-corrected chi connectivity index (χ3v) is 1.62. The van der Waals surface area contributed by atoms with Crippen LogP contribution >= 0.6 is 0 Å². The predicted molar refractivity (Wildman–Crippen MR) is 50.1 cm³/mol. The van der Waals surface area contributed by atoms with Crippen molar-refractivity contribution in [2.75, 3.05) is 6.54 Å². The molecule has 4 nitrogen and oxygen atoms in total. The molecule has 72 valence electrons. The van der Waals surface area contributed by atoms with Crippen LogP contribution in [0.3, 0.4) is 0 Å². The molecule has 0 aliphatic heterocycles. The van der Waals surface area contributed by atoms with E-state index in [0.717, 1.165) is 12.2 Å². The van der Waals surface area contributed by atoms with E-state index in [9.17, 15) is 4.79 Å². The number of nitrogens with zero attached hydrogens (tertiary/aromatic N) is 1. The molecule has 1 aromatic rings. The van der Waals surface area contributed by atoms with Gasteiger partial charge in [-0.25, -0.2) is 0 Å². The van der Waals surface area contributed by atoms with E-state index < -0.39 is 0 Å². The van der Waals surface area contributed by atoms with Gasteiger partial charge in [-0.2, -0.15) is 5.10 Å². The highest BCUT2D eigenvalue weighted by molar-refractivity contribution is 5.77. The Morgan fingerprint density at radius 2 is 2.46 bits per heavy atom. The molecule has 0 saturated carbocycles. The maximum absolute atomic E-state index is 11.3. The van der Waals surface area contributed by atoms with Gasteiger partial charge in [0.15, 0.2) is 0 Å². The van der Waals surface area contributed by atoms with Crippen molar-refractivity contribution >= 4 is 5.91 Å². The van der Waals surface area contributed by atoms with Gasteiger partial charge in [0.2, 0.25) is 5.91 Å². The molecule has 13 heavy (non-hydrogen) atoms. The number of aromatic nitrogens is 2. The summed E-state index contributed by atoms with van der Waals surface area (Å²) in [5.41, 5.74) is 0.848. The normalized spacial score (nSPS) is 10.4. The Balaban J connectivity index is 2.26. The molecular weight excluding hydrogens is 166 g/mol. The van der Waals surface area contributed by atoms with Crippen LogP contribution in [0.25, 0.3) is 0 Å². The lowest BCUT2D eigenvalue weighted by Gasteiger charge is -2.06. The van der Waals surface area contributed by atoms with Crippen LogP contribution in [-0.2, 0) is 11.2 Å². The van der Waals surface area contributed by atoms with Crippen LogP contribution in [0.15, 0.2) is 12.3 Å². The van der Waals surface area contributed by atoms with Gasteiger partial charge in [-0.3, -0.25) is 9.89 Å². The Bertz CT molecular complexity index is 254. The molecule has 0 unspecified atom stereocenters. The van der Waals surface area contributed by atoms with Crippen LogP contribution in [0.5, 0.6) is 0 Å². The van der Waals surface area contributed by atoms with Crippen molar-refractivity contribution < 1.29 is 4.79 Å². The topological polar surface area (TPSA) is 57.8 Å². The van der Waals surface area contributed by atoms with E-state index in [1.54, 1.807) is 12.3 Å². The number of carbonyl (C=O) groups is 1. The van der Waals surface area contributed by atoms with Crippen LogP contribution in [-0.4, -0.2) is 22.6 Å². The van der Waals surface area contributed by atoms with Crippen molar-refractivity contribution in [3.8, 4) is 0 Å². The maximum Gasteiger partial charge on any atom is 0.226 e. The maximum atomic E-state index is 11.3. The van der Waals surface area contributed by atoms with E-state index >= 15 is 0 Å². The van der Waals surface area contributed by atoms with E-state index in [1.165, 1.54) is 0 Å². The van der Waals surface area contributed by atoms with Gasteiger partial charge in [0.05, 0.1) is 6.42 Å². The van der Waals surface area contributed by atoms with Crippen LogP contribution in [0.2, 0.25) is 0 Å². The minimum Gasteiger partial charge on any atom is -0.356 e. The van der Waals surface area contributed by atoms with Crippen molar-refractivity contribution in [2.45, 2.75) is 20.3 Å². The molecule has 2 N–H and O–H groups in total. The number of carbonyl (C=O) groups excluding carboxylic acids is 1. The lowest BCUT2D eigenvalue weighted by atomic mass is 10.2. The molecule has 0 aliphatic rings. The summed E-state index contributed by atoms with van der Waals surface area (Å²) in [5.74, 6) is 0.531. The molecular formula is C9H15N3O. The van der Waals surface area contributed by atoms with Crippen molar-refractivity contribution in [1.29, 1.82) is 0 Å². The summed E-state index contributed by atoms with van der Waals surface area (Å²) in [5, 5.41) is 9.34. The van der Waals surface area contributed by atoms with Gasteiger partial charge < -0.3 is 5.32 Å². The largest absolute Gasteiger partial charge is 0.356 e. The van der Waals surface area contributed by atoms with Gasteiger partial charge in [0.25, 0.3) is 0 Å². The first-order valence-electron chi connectivity index (χ1n) is 4.43. The molecule has 0 radical (unpaired) electrons. The fraction of sp³-hybridized carbons (Fsp3) is 0.556. The van der Waals surface area contributed by atoms with E-state index in [0.29, 0.717) is 12.3 Å². The quantitative estimate of drug-likeness (QED) is 0.719. The molecule has 0 atom stereocenters. The zero-order valence-corrected chi connectivity index (χ0v) is 8.00. The minimum atomic E-state index is 0.0398. The smallest absolute Gasteiger partial charge is 0.226 e. The van der Waals surface area contributed by atoms with Crippen molar-refractivity contribution in [3.05, 3.63) is 18.0 Å². The number of nitrogens with one attached hydrogen (secondary N) is 2. The third kappa shape index (κ3) is 3.73. The first-order valence-corrected chi connectivity index (χ1v) is 4.43. The molecule has 4 heteroatoms. The van der Waals surface area contributed by atoms with Crippen molar-refractivity contribution in [2.24, 2.45) is 5.92 Å². The summed E-state index contributed by atoms with van der Waals surface area (Å²) in [6.07, 6.45) is 2.03. The van der Waals surface area contributed by atoms with Crippen LogP contribution in [0, 0.1) is 5.92 Å². The summed E-state index contributed by atoms with van der Waals surface area (Å²) in [7, 11) is 0. The van der Waals surface area contributed by atoms with E-state index in [4.69, 9.17) is 0 Å². The molecule has 0 saturated heterocycles. The average Bonchev–Trinajstić information content (AvgIpc) is 2.53. The molecule has 1 aromatic heterocycles. The molecule has 0 bridgehead atoms. The highest BCUT2D eigenvalue weighted by atomic mass is 16.1. The Morgan fingerprint density at radius 1 is 1.69 bits per heavy atom. The molecule has 1 amide bonds. The molecule has 1 rings (SSSR count). The summed E-state index contributed by atoms with van der Waals surface area (Å²) < 4.78 is 0. The standard InChI is InChI=1S/C9H15N3O/c1-7(2)6-10-9(13)5-8-3-4-11-12-8/h3-4,7H,5-6H2,1-2H3,(H,10,13)(H,11,12). The summed E-state index contributed by atoms with van der Waals surface area (Å²) in [4.78, 5) is 11.3. The first kappa shape index (κ1) is 9.77. The Kier molecular flexibility index (Phi) is 3.49. The summed E-state index contributed by atoms with van der Waals surface area (Å²) >= 11 is 0. The number of H-pyrrole nitrogens is 1. The number of hydrogen-bond acceptors (Lipinski definition) is 2. The SMILES string of the molecule is CC(C)CNC(=O)Cc1ccn[nH]1. The van der Waals surface area contributed by atoms with Crippen LogP contribution in [0.1, 0.15) is 19.5 Å². The highest BCUT2D eigenvalue weighted by Crippen LogP contribution is 1.93. The van der Waals surface area contributed by atoms with Gasteiger partial charge >= 0.3 is 0 Å². The third-order valence-electron chi connectivity index (χ3n) is 1.62. The van der Waals surface area contributed by atoms with Crippen molar-refractivity contribution in [3.63, 3.8) is 0 Å². The van der Waals surface area contributed by atoms with Crippen LogP contribution in [0.4, 0.5) is 0 Å². The predicted octanol–water partition coefficient (Wildman–Crippen LogP) is 0.724. The van der Waals surface area contributed by atoms with Gasteiger partial charge in [-0.15, -0.1) is 0 Å². The monoisotopic (exact) mass is 181 g/mol. The van der Waals surface area contributed by atoms with E-state index in [1.807, 2.05) is 0 Å². The number of hydrogen-bond donors (Lipinski definition) is 2. The average molecular weight is 181 g/mol. The molecule has 0 spiro atoms. The lowest BCUT2D eigenvalue weighted by molar-refractivity contribution is -0.120. The van der Waals surface area contributed by atoms with Crippen LogP contribution < -0.4 is 5.32 Å². The first-order chi connectivity index (χ1) is 6.18. The summed E-state index contributed by atoms with van der Waals surface area (Å²) in [6.45, 7) is 4.86. The fourth-order valence-corrected chi connectivity index (χ4v) is 0.937. The van der Waals surface area contributed by atoms with Gasteiger partial charge in [-0.05, 0) is 12.0 Å². The molecule has 0 aliphatic carbocycles. The second-order valence-corrected chi connectivity index (χ2v) is 3.46. The number of rotatable bonds is 4. The zero-order chi connectivity index (χ0) is 9.68.